The van der Waals surface area contributed by atoms with Gasteiger partial charge in [-0.2, -0.15) is 0 Å². The van der Waals surface area contributed by atoms with Crippen LogP contribution in [0, 0.1) is 13.8 Å². The van der Waals surface area contributed by atoms with Crippen LogP contribution in [0.2, 0.25) is 0 Å². The number of rotatable bonds is 3. The molecule has 1 aromatic carbocycles. The van der Waals surface area contributed by atoms with Crippen molar-refractivity contribution in [1.82, 2.24) is 9.97 Å². The molecule has 1 aromatic heterocycles. The summed E-state index contributed by atoms with van der Waals surface area (Å²) in [5.41, 5.74) is 1.76. The third-order valence-corrected chi connectivity index (χ3v) is 2.59. The largest absolute Gasteiger partial charge is 0.426 e. The molecular weight excluding hydrogens is 270 g/mol. The van der Waals surface area contributed by atoms with E-state index in [1.807, 2.05) is 19.9 Å². The van der Waals surface area contributed by atoms with E-state index in [2.05, 4.69) is 15.3 Å². The molecular formula is C15H15N3O3. The van der Waals surface area contributed by atoms with E-state index in [4.69, 9.17) is 4.74 Å². The number of nitrogens with zero attached hydrogens (tertiary/aromatic N) is 2. The summed E-state index contributed by atoms with van der Waals surface area (Å²) in [6.45, 7) is 4.91. The van der Waals surface area contributed by atoms with Crippen LogP contribution in [0.5, 0.6) is 5.75 Å². The Morgan fingerprint density at radius 2 is 1.71 bits per heavy atom. The number of aromatic nitrogens is 2. The van der Waals surface area contributed by atoms with Gasteiger partial charge in [0, 0.05) is 18.3 Å². The van der Waals surface area contributed by atoms with Gasteiger partial charge in [0.1, 0.15) is 5.75 Å². The molecule has 2 aromatic rings. The van der Waals surface area contributed by atoms with E-state index in [9.17, 15) is 9.59 Å². The molecule has 0 aliphatic rings. The van der Waals surface area contributed by atoms with Crippen LogP contribution in [-0.2, 0) is 4.79 Å². The fraction of sp³-hybridized carbons (Fsp3) is 0.200. The first kappa shape index (κ1) is 14.6. The number of amides is 1. The van der Waals surface area contributed by atoms with Gasteiger partial charge in [-0.25, -0.2) is 9.97 Å². The molecule has 0 fully saturated rings. The molecule has 0 saturated heterocycles. The number of hydrogen-bond donors (Lipinski definition) is 1. The van der Waals surface area contributed by atoms with Gasteiger partial charge >= 0.3 is 5.97 Å². The zero-order chi connectivity index (χ0) is 15.4. The van der Waals surface area contributed by atoms with Gasteiger partial charge in [-0.3, -0.25) is 14.9 Å². The van der Waals surface area contributed by atoms with E-state index in [-0.39, 0.29) is 17.3 Å². The van der Waals surface area contributed by atoms with Crippen molar-refractivity contribution >= 4 is 17.8 Å². The fourth-order valence-corrected chi connectivity index (χ4v) is 1.85. The van der Waals surface area contributed by atoms with Gasteiger partial charge in [-0.1, -0.05) is 12.1 Å². The molecule has 0 radical (unpaired) electrons. The number of hydrogen-bond acceptors (Lipinski definition) is 5. The SMILES string of the molecule is CC(=O)Oc1ccccc1C(=O)Nc1nc(C)cc(C)n1. The molecule has 0 atom stereocenters. The number of esters is 1. The van der Waals surface area contributed by atoms with Crippen LogP contribution in [0.1, 0.15) is 28.7 Å². The molecule has 6 heteroatoms. The highest BCUT2D eigenvalue weighted by molar-refractivity contribution is 6.05. The Labute approximate surface area is 122 Å². The lowest BCUT2D eigenvalue weighted by atomic mass is 10.2. The third kappa shape index (κ3) is 3.85. The average molecular weight is 285 g/mol. The second-order valence-corrected chi connectivity index (χ2v) is 4.52. The number of ether oxygens (including phenoxy) is 1. The molecule has 0 saturated carbocycles. The zero-order valence-corrected chi connectivity index (χ0v) is 12.0. The second kappa shape index (κ2) is 6.13. The summed E-state index contributed by atoms with van der Waals surface area (Å²) >= 11 is 0. The summed E-state index contributed by atoms with van der Waals surface area (Å²) in [5.74, 6) is -0.503. The van der Waals surface area contributed by atoms with Gasteiger partial charge in [0.05, 0.1) is 5.56 Å². The predicted molar refractivity (Wildman–Crippen MR) is 77.2 cm³/mol. The molecule has 6 nitrogen and oxygen atoms in total. The van der Waals surface area contributed by atoms with E-state index in [0.717, 1.165) is 11.4 Å². The van der Waals surface area contributed by atoms with E-state index >= 15 is 0 Å². The highest BCUT2D eigenvalue weighted by Crippen LogP contribution is 2.19. The molecule has 108 valence electrons. The summed E-state index contributed by atoms with van der Waals surface area (Å²) < 4.78 is 5.01. The van der Waals surface area contributed by atoms with Crippen molar-refractivity contribution in [3.05, 3.63) is 47.3 Å². The van der Waals surface area contributed by atoms with Crippen LogP contribution in [0.4, 0.5) is 5.95 Å². The van der Waals surface area contributed by atoms with Crippen molar-refractivity contribution in [1.29, 1.82) is 0 Å². The maximum Gasteiger partial charge on any atom is 0.308 e. The topological polar surface area (TPSA) is 81.2 Å². The highest BCUT2D eigenvalue weighted by Gasteiger charge is 2.15. The Bertz CT molecular complexity index is 678. The van der Waals surface area contributed by atoms with Crippen molar-refractivity contribution in [2.24, 2.45) is 0 Å². The van der Waals surface area contributed by atoms with Gasteiger partial charge in [0.25, 0.3) is 5.91 Å². The van der Waals surface area contributed by atoms with Crippen LogP contribution in [0.3, 0.4) is 0 Å². The first-order chi connectivity index (χ1) is 9.95. The molecule has 0 spiro atoms. The number of carbonyl (C=O) groups is 2. The maximum atomic E-state index is 12.3. The van der Waals surface area contributed by atoms with Gasteiger partial charge in [0.15, 0.2) is 0 Å². The van der Waals surface area contributed by atoms with Crippen molar-refractivity contribution in [2.45, 2.75) is 20.8 Å². The summed E-state index contributed by atoms with van der Waals surface area (Å²) in [6.07, 6.45) is 0. The maximum absolute atomic E-state index is 12.3. The van der Waals surface area contributed by atoms with Crippen LogP contribution in [-0.4, -0.2) is 21.8 Å². The molecule has 1 N–H and O–H groups in total. The van der Waals surface area contributed by atoms with Crippen LogP contribution in [0.25, 0.3) is 0 Å². The predicted octanol–water partition coefficient (Wildman–Crippen LogP) is 2.27. The number of benzene rings is 1. The molecule has 1 heterocycles. The Kier molecular flexibility index (Phi) is 4.27. The van der Waals surface area contributed by atoms with Gasteiger partial charge in [-0.15, -0.1) is 0 Å². The normalized spacial score (nSPS) is 10.0. The lowest BCUT2D eigenvalue weighted by Gasteiger charge is -2.09. The summed E-state index contributed by atoms with van der Waals surface area (Å²) in [6, 6.07) is 8.30. The van der Waals surface area contributed by atoms with Gasteiger partial charge in [-0.05, 0) is 32.0 Å². The Hall–Kier alpha value is -2.76. The Morgan fingerprint density at radius 1 is 1.10 bits per heavy atom. The number of nitrogens with one attached hydrogen (secondary N) is 1. The van der Waals surface area contributed by atoms with E-state index in [1.54, 1.807) is 24.3 Å². The third-order valence-electron chi connectivity index (χ3n) is 2.59. The van der Waals surface area contributed by atoms with Crippen molar-refractivity contribution in [2.75, 3.05) is 5.32 Å². The van der Waals surface area contributed by atoms with Crippen LogP contribution < -0.4 is 10.1 Å². The smallest absolute Gasteiger partial charge is 0.308 e. The second-order valence-electron chi connectivity index (χ2n) is 4.52. The lowest BCUT2D eigenvalue weighted by molar-refractivity contribution is -0.131. The van der Waals surface area contributed by atoms with Gasteiger partial charge in [0.2, 0.25) is 5.95 Å². The van der Waals surface area contributed by atoms with Gasteiger partial charge < -0.3 is 4.74 Å². The first-order valence-electron chi connectivity index (χ1n) is 6.37. The zero-order valence-electron chi connectivity index (χ0n) is 12.0. The van der Waals surface area contributed by atoms with Crippen LogP contribution >= 0.6 is 0 Å². The molecule has 21 heavy (non-hydrogen) atoms. The van der Waals surface area contributed by atoms with Crippen molar-refractivity contribution in [3.63, 3.8) is 0 Å². The fourth-order valence-electron chi connectivity index (χ4n) is 1.85. The van der Waals surface area contributed by atoms with E-state index in [1.165, 1.54) is 6.92 Å². The Balaban J connectivity index is 2.26. The standard InChI is InChI=1S/C15H15N3O3/c1-9-8-10(2)17-15(16-9)18-14(20)12-6-4-5-7-13(12)21-11(3)19/h4-8H,1-3H3,(H,16,17,18,20). The number of aryl methyl sites for hydroxylation is 2. The average Bonchev–Trinajstić information content (AvgIpc) is 2.37. The number of para-hydroxylation sites is 1. The highest BCUT2D eigenvalue weighted by atomic mass is 16.5. The lowest BCUT2D eigenvalue weighted by Crippen LogP contribution is -2.17. The summed E-state index contributed by atoms with van der Waals surface area (Å²) in [5, 5.41) is 2.60. The minimum atomic E-state index is -0.488. The minimum Gasteiger partial charge on any atom is -0.426 e. The molecule has 0 unspecified atom stereocenters. The van der Waals surface area contributed by atoms with E-state index in [0.29, 0.717) is 0 Å². The monoisotopic (exact) mass is 285 g/mol. The minimum absolute atomic E-state index is 0.201. The number of anilines is 1. The molecule has 0 aliphatic heterocycles. The molecule has 0 aliphatic carbocycles. The molecule has 0 bridgehead atoms. The summed E-state index contributed by atoms with van der Waals surface area (Å²) in [7, 11) is 0. The van der Waals surface area contributed by atoms with Crippen molar-refractivity contribution in [3.8, 4) is 5.75 Å². The van der Waals surface area contributed by atoms with Crippen molar-refractivity contribution < 1.29 is 14.3 Å². The molecule has 1 amide bonds. The number of carbonyl (C=O) groups excluding carboxylic acids is 2. The van der Waals surface area contributed by atoms with E-state index < -0.39 is 11.9 Å². The quantitative estimate of drug-likeness (QED) is 0.691. The Morgan fingerprint density at radius 3 is 2.33 bits per heavy atom. The van der Waals surface area contributed by atoms with Crippen LogP contribution in [0.15, 0.2) is 30.3 Å². The first-order valence-corrected chi connectivity index (χ1v) is 6.37. The summed E-state index contributed by atoms with van der Waals surface area (Å²) in [4.78, 5) is 31.6. The molecule has 2 rings (SSSR count).